The predicted octanol–water partition coefficient (Wildman–Crippen LogP) is 3.07. The minimum atomic E-state index is -0.625. The molecule has 2 fully saturated rings. The molecular formula is C20H20ClFN4O2. The number of hydrazine groups is 1. The molecule has 2 aliphatic rings. The van der Waals surface area contributed by atoms with E-state index in [1.54, 1.807) is 29.2 Å². The first-order valence-corrected chi connectivity index (χ1v) is 9.50. The van der Waals surface area contributed by atoms with Gasteiger partial charge >= 0.3 is 6.03 Å². The van der Waals surface area contributed by atoms with Gasteiger partial charge in [0.25, 0.3) is 0 Å². The molecule has 0 unspecified atom stereocenters. The van der Waals surface area contributed by atoms with Crippen molar-refractivity contribution in [1.29, 1.82) is 0 Å². The average molecular weight is 403 g/mol. The molecule has 1 spiro atoms. The largest absolute Gasteiger partial charge is 0.342 e. The van der Waals surface area contributed by atoms with E-state index in [-0.39, 0.29) is 11.9 Å². The molecule has 4 rings (SSSR count). The zero-order valence-corrected chi connectivity index (χ0v) is 15.9. The van der Waals surface area contributed by atoms with Crippen LogP contribution in [0.1, 0.15) is 18.4 Å². The van der Waals surface area contributed by atoms with Crippen molar-refractivity contribution in [2.75, 3.05) is 18.1 Å². The Balaban J connectivity index is 1.37. The highest BCUT2D eigenvalue weighted by Crippen LogP contribution is 2.28. The van der Waals surface area contributed by atoms with E-state index >= 15 is 0 Å². The fraction of sp³-hybridized carbons (Fsp3) is 0.300. The van der Waals surface area contributed by atoms with Crippen LogP contribution < -0.4 is 15.8 Å². The third-order valence-corrected chi connectivity index (χ3v) is 5.43. The number of carbonyl (C=O) groups excluding carboxylic acids is 2. The summed E-state index contributed by atoms with van der Waals surface area (Å²) in [5, 5.41) is 4.92. The first-order valence-electron chi connectivity index (χ1n) is 9.12. The van der Waals surface area contributed by atoms with Crippen LogP contribution in [0.3, 0.4) is 0 Å². The number of piperidine rings is 1. The van der Waals surface area contributed by atoms with E-state index in [0.717, 1.165) is 5.56 Å². The van der Waals surface area contributed by atoms with Crippen LogP contribution in [-0.2, 0) is 11.2 Å². The smallest absolute Gasteiger partial charge is 0.338 e. The number of nitrogens with one attached hydrogen (secondary N) is 2. The maximum absolute atomic E-state index is 13.5. The van der Waals surface area contributed by atoms with Crippen LogP contribution in [0.2, 0.25) is 5.02 Å². The second-order valence-electron chi connectivity index (χ2n) is 7.12. The molecule has 2 aromatic carbocycles. The molecule has 2 aromatic rings. The second kappa shape index (κ2) is 7.41. The number of urea groups is 1. The van der Waals surface area contributed by atoms with Gasteiger partial charge in [0.1, 0.15) is 11.5 Å². The molecule has 0 atom stereocenters. The SMILES string of the molecule is O=C(Cc1ccc(Cl)cc1)N1CCC2(CC1)NC(=O)N(c1cccc(F)c1)N2. The summed E-state index contributed by atoms with van der Waals surface area (Å²) in [5.41, 5.74) is 3.90. The zero-order valence-electron chi connectivity index (χ0n) is 15.1. The number of likely N-dealkylation sites (tertiary alicyclic amines) is 1. The lowest BCUT2D eigenvalue weighted by atomic mass is 9.97. The van der Waals surface area contributed by atoms with Gasteiger partial charge in [-0.25, -0.2) is 19.6 Å². The number of hydrogen-bond acceptors (Lipinski definition) is 3. The van der Waals surface area contributed by atoms with Crippen LogP contribution in [0.4, 0.5) is 14.9 Å². The first kappa shape index (κ1) is 18.7. The Hall–Kier alpha value is -2.64. The van der Waals surface area contributed by atoms with E-state index in [1.807, 2.05) is 12.1 Å². The normalized spacial score (nSPS) is 18.4. The second-order valence-corrected chi connectivity index (χ2v) is 7.56. The number of hydrogen-bond donors (Lipinski definition) is 2. The monoisotopic (exact) mass is 402 g/mol. The van der Waals surface area contributed by atoms with Gasteiger partial charge < -0.3 is 10.2 Å². The highest BCUT2D eigenvalue weighted by atomic mass is 35.5. The van der Waals surface area contributed by atoms with Crippen LogP contribution in [0.5, 0.6) is 0 Å². The van der Waals surface area contributed by atoms with Crippen LogP contribution in [0.15, 0.2) is 48.5 Å². The highest BCUT2D eigenvalue weighted by Gasteiger charge is 2.45. The molecule has 0 aromatic heterocycles. The number of nitrogens with zero attached hydrogens (tertiary/aromatic N) is 2. The average Bonchev–Trinajstić information content (AvgIpc) is 3.00. The summed E-state index contributed by atoms with van der Waals surface area (Å²) < 4.78 is 13.5. The summed E-state index contributed by atoms with van der Waals surface area (Å²) in [5.74, 6) is -0.362. The molecule has 0 aliphatic carbocycles. The number of halogens is 2. The molecule has 146 valence electrons. The fourth-order valence-electron chi connectivity index (χ4n) is 3.61. The van der Waals surface area contributed by atoms with Crippen molar-refractivity contribution >= 4 is 29.2 Å². The third kappa shape index (κ3) is 3.81. The number of rotatable bonds is 3. The molecule has 2 saturated heterocycles. The van der Waals surface area contributed by atoms with E-state index in [4.69, 9.17) is 11.6 Å². The molecule has 2 aliphatic heterocycles. The summed E-state index contributed by atoms with van der Waals surface area (Å²) in [6, 6.07) is 12.8. The predicted molar refractivity (Wildman–Crippen MR) is 104 cm³/mol. The molecule has 0 bridgehead atoms. The van der Waals surface area contributed by atoms with Gasteiger partial charge in [-0.1, -0.05) is 29.8 Å². The van der Waals surface area contributed by atoms with E-state index in [1.165, 1.54) is 17.1 Å². The molecule has 2 N–H and O–H groups in total. The van der Waals surface area contributed by atoms with Gasteiger partial charge in [0.15, 0.2) is 0 Å². The van der Waals surface area contributed by atoms with Gasteiger partial charge in [-0.05, 0) is 35.9 Å². The van der Waals surface area contributed by atoms with Gasteiger partial charge in [-0.15, -0.1) is 0 Å². The summed E-state index contributed by atoms with van der Waals surface area (Å²) in [7, 11) is 0. The van der Waals surface area contributed by atoms with Crippen molar-refractivity contribution in [2.24, 2.45) is 0 Å². The van der Waals surface area contributed by atoms with E-state index in [0.29, 0.717) is 43.1 Å². The lowest BCUT2D eigenvalue weighted by Crippen LogP contribution is -2.58. The van der Waals surface area contributed by atoms with E-state index < -0.39 is 11.5 Å². The lowest BCUT2D eigenvalue weighted by molar-refractivity contribution is -0.132. The van der Waals surface area contributed by atoms with Gasteiger partial charge in [0.2, 0.25) is 5.91 Å². The Morgan fingerprint density at radius 3 is 2.54 bits per heavy atom. The molecule has 28 heavy (non-hydrogen) atoms. The summed E-state index contributed by atoms with van der Waals surface area (Å²) >= 11 is 5.88. The number of carbonyl (C=O) groups is 2. The van der Waals surface area contributed by atoms with Crippen molar-refractivity contribution in [2.45, 2.75) is 24.9 Å². The Labute approximate surface area is 167 Å². The summed E-state index contributed by atoms with van der Waals surface area (Å²) in [6.45, 7) is 1.05. The maximum Gasteiger partial charge on any atom is 0.338 e. The van der Waals surface area contributed by atoms with Crippen molar-refractivity contribution < 1.29 is 14.0 Å². The van der Waals surface area contributed by atoms with Crippen molar-refractivity contribution in [3.05, 3.63) is 64.9 Å². The Morgan fingerprint density at radius 1 is 1.14 bits per heavy atom. The number of amides is 3. The van der Waals surface area contributed by atoms with Crippen LogP contribution in [-0.4, -0.2) is 35.6 Å². The molecular weight excluding hydrogens is 383 g/mol. The van der Waals surface area contributed by atoms with E-state index in [2.05, 4.69) is 10.7 Å². The molecule has 0 radical (unpaired) electrons. The minimum Gasteiger partial charge on any atom is -0.342 e. The minimum absolute atomic E-state index is 0.0449. The van der Waals surface area contributed by atoms with Gasteiger partial charge in [0.05, 0.1) is 12.1 Å². The Kier molecular flexibility index (Phi) is 4.95. The van der Waals surface area contributed by atoms with Crippen molar-refractivity contribution in [1.82, 2.24) is 15.6 Å². The number of benzene rings is 2. The van der Waals surface area contributed by atoms with Crippen LogP contribution >= 0.6 is 11.6 Å². The number of anilines is 1. The summed E-state index contributed by atoms with van der Waals surface area (Å²) in [6.07, 6.45) is 1.45. The first-order chi connectivity index (χ1) is 13.4. The summed E-state index contributed by atoms with van der Waals surface area (Å²) in [4.78, 5) is 26.8. The van der Waals surface area contributed by atoms with E-state index in [9.17, 15) is 14.0 Å². The standard InChI is InChI=1S/C20H20ClFN4O2/c21-15-6-4-14(5-7-15)12-18(27)25-10-8-20(9-11-25)23-19(28)26(24-20)17-3-1-2-16(22)13-17/h1-7,13,24H,8-12H2,(H,23,28). The highest BCUT2D eigenvalue weighted by molar-refractivity contribution is 6.30. The van der Waals surface area contributed by atoms with Gasteiger partial charge in [-0.3, -0.25) is 4.79 Å². The van der Waals surface area contributed by atoms with Gasteiger partial charge in [0, 0.05) is 31.0 Å². The van der Waals surface area contributed by atoms with Gasteiger partial charge in [-0.2, -0.15) is 0 Å². The van der Waals surface area contributed by atoms with Crippen molar-refractivity contribution in [3.63, 3.8) is 0 Å². The third-order valence-electron chi connectivity index (χ3n) is 5.18. The molecule has 6 nitrogen and oxygen atoms in total. The Bertz CT molecular complexity index is 897. The topological polar surface area (TPSA) is 64.7 Å². The molecule has 3 amide bonds. The van der Waals surface area contributed by atoms with Crippen LogP contribution in [0, 0.1) is 5.82 Å². The molecule has 0 saturated carbocycles. The van der Waals surface area contributed by atoms with Crippen LogP contribution in [0.25, 0.3) is 0 Å². The molecule has 2 heterocycles. The molecule has 8 heteroatoms. The Morgan fingerprint density at radius 2 is 1.86 bits per heavy atom. The quantitative estimate of drug-likeness (QED) is 0.829. The fourth-order valence-corrected chi connectivity index (χ4v) is 3.74. The lowest BCUT2D eigenvalue weighted by Gasteiger charge is -2.39. The maximum atomic E-state index is 13.5. The van der Waals surface area contributed by atoms with Crippen molar-refractivity contribution in [3.8, 4) is 0 Å². The zero-order chi connectivity index (χ0) is 19.7.